The topological polar surface area (TPSA) is 62.2 Å². The van der Waals surface area contributed by atoms with Crippen LogP contribution in [0.15, 0.2) is 24.3 Å². The van der Waals surface area contributed by atoms with Gasteiger partial charge < -0.3 is 15.5 Å². The molecule has 6 heteroatoms. The summed E-state index contributed by atoms with van der Waals surface area (Å²) in [5.41, 5.74) is 1.65. The number of fused-ring (bicyclic) bond motifs is 1. The first-order valence-corrected chi connectivity index (χ1v) is 8.76. The van der Waals surface area contributed by atoms with Gasteiger partial charge in [-0.15, -0.1) is 0 Å². The minimum absolute atomic E-state index is 0.185. The number of anilines is 1. The Kier molecular flexibility index (Phi) is 5.25. The van der Waals surface area contributed by atoms with Crippen LogP contribution in [0, 0.1) is 17.8 Å². The zero-order valence-electron chi connectivity index (χ0n) is 15.0. The lowest BCUT2D eigenvalue weighted by Crippen LogP contribution is -2.34. The van der Waals surface area contributed by atoms with Gasteiger partial charge in [-0.2, -0.15) is 0 Å². The van der Waals surface area contributed by atoms with Crippen LogP contribution in [0.25, 0.3) is 11.0 Å². The zero-order valence-corrected chi connectivity index (χ0v) is 15.0. The van der Waals surface area contributed by atoms with Crippen molar-refractivity contribution in [2.75, 3.05) is 31.6 Å². The van der Waals surface area contributed by atoms with E-state index in [2.05, 4.69) is 27.4 Å². The predicted octanol–water partition coefficient (Wildman–Crippen LogP) is 2.05. The van der Waals surface area contributed by atoms with E-state index >= 15 is 0 Å². The molecule has 0 saturated carbocycles. The summed E-state index contributed by atoms with van der Waals surface area (Å²) in [6.07, 6.45) is 1.04. The summed E-state index contributed by atoms with van der Waals surface area (Å²) in [6, 6.07) is 7.97. The fourth-order valence-electron chi connectivity index (χ4n) is 3.06. The van der Waals surface area contributed by atoms with Crippen LogP contribution in [0.4, 0.5) is 10.7 Å². The number of hydrogen-bond acceptors (Lipinski definition) is 4. The average molecular weight is 339 g/mol. The Morgan fingerprint density at radius 3 is 2.92 bits per heavy atom. The van der Waals surface area contributed by atoms with Crippen molar-refractivity contribution in [2.24, 2.45) is 5.92 Å². The number of imidazole rings is 1. The van der Waals surface area contributed by atoms with Crippen LogP contribution in [-0.4, -0.2) is 48.3 Å². The maximum absolute atomic E-state index is 12.8. The molecule has 1 fully saturated rings. The first-order valence-electron chi connectivity index (χ1n) is 8.76. The van der Waals surface area contributed by atoms with Crippen LogP contribution in [0.1, 0.15) is 20.3 Å². The van der Waals surface area contributed by atoms with E-state index in [4.69, 9.17) is 4.98 Å². The van der Waals surface area contributed by atoms with E-state index in [-0.39, 0.29) is 6.03 Å². The summed E-state index contributed by atoms with van der Waals surface area (Å²) in [5.74, 6) is 7.05. The first kappa shape index (κ1) is 17.3. The second-order valence-electron chi connectivity index (χ2n) is 6.59. The second-order valence-corrected chi connectivity index (χ2v) is 6.59. The van der Waals surface area contributed by atoms with Crippen molar-refractivity contribution in [3.05, 3.63) is 24.3 Å². The van der Waals surface area contributed by atoms with Crippen molar-refractivity contribution in [1.82, 2.24) is 20.2 Å². The molecule has 6 nitrogen and oxygen atoms in total. The lowest BCUT2D eigenvalue weighted by Gasteiger charge is -2.18. The minimum Gasteiger partial charge on any atom is -0.340 e. The zero-order chi connectivity index (χ0) is 17.8. The summed E-state index contributed by atoms with van der Waals surface area (Å²) >= 11 is 0. The second kappa shape index (κ2) is 7.58. The highest BCUT2D eigenvalue weighted by atomic mass is 16.2. The summed E-state index contributed by atoms with van der Waals surface area (Å²) < 4.78 is 1.67. The molecule has 3 rings (SSSR count). The van der Waals surface area contributed by atoms with E-state index < -0.39 is 0 Å². The predicted molar refractivity (Wildman–Crippen MR) is 101 cm³/mol. The molecular weight excluding hydrogens is 314 g/mol. The number of likely N-dealkylation sites (N-methyl/N-ethyl adjacent to an activating group) is 1. The third-order valence-electron chi connectivity index (χ3n) is 4.34. The molecule has 0 spiro atoms. The molecule has 1 aromatic heterocycles. The van der Waals surface area contributed by atoms with Crippen molar-refractivity contribution < 1.29 is 4.79 Å². The molecule has 0 bridgehead atoms. The van der Waals surface area contributed by atoms with Crippen LogP contribution in [0.5, 0.6) is 0 Å². The van der Waals surface area contributed by atoms with Crippen LogP contribution < -0.4 is 15.5 Å². The maximum atomic E-state index is 12.8. The highest BCUT2D eigenvalue weighted by molar-refractivity contribution is 5.93. The molecule has 1 saturated heterocycles. The van der Waals surface area contributed by atoms with Crippen molar-refractivity contribution >= 4 is 23.0 Å². The highest BCUT2D eigenvalue weighted by Crippen LogP contribution is 2.25. The Labute approximate surface area is 148 Å². The lowest BCUT2D eigenvalue weighted by atomic mass is 10.2. The van der Waals surface area contributed by atoms with E-state index in [1.165, 1.54) is 0 Å². The third kappa shape index (κ3) is 3.77. The van der Waals surface area contributed by atoms with Crippen LogP contribution in [0.2, 0.25) is 0 Å². The molecule has 0 radical (unpaired) electrons. The van der Waals surface area contributed by atoms with Crippen molar-refractivity contribution in [2.45, 2.75) is 26.3 Å². The molecule has 0 aliphatic carbocycles. The van der Waals surface area contributed by atoms with Crippen LogP contribution in [-0.2, 0) is 0 Å². The Morgan fingerprint density at radius 1 is 1.40 bits per heavy atom. The van der Waals surface area contributed by atoms with E-state index in [1.807, 2.05) is 45.2 Å². The Balaban J connectivity index is 1.88. The normalized spacial score (nSPS) is 17.0. The van der Waals surface area contributed by atoms with Crippen molar-refractivity contribution in [3.63, 3.8) is 0 Å². The van der Waals surface area contributed by atoms with Gasteiger partial charge in [0, 0.05) is 25.0 Å². The van der Waals surface area contributed by atoms with E-state index in [0.29, 0.717) is 24.5 Å². The standard InChI is InChI=1S/C19H25N5O/c1-14(2)7-6-11-21-19(25)24-17-9-5-4-8-16(17)22-18(24)23-12-10-15(13-23)20-3/h4-5,8-9,14-15,20H,10-13H2,1-3H3,(H,21,25). The van der Waals surface area contributed by atoms with Gasteiger partial charge in [0.05, 0.1) is 17.6 Å². The summed E-state index contributed by atoms with van der Waals surface area (Å²) in [4.78, 5) is 19.7. The highest BCUT2D eigenvalue weighted by Gasteiger charge is 2.27. The van der Waals surface area contributed by atoms with Gasteiger partial charge in [-0.05, 0) is 25.6 Å². The maximum Gasteiger partial charge on any atom is 0.329 e. The van der Waals surface area contributed by atoms with Gasteiger partial charge in [0.1, 0.15) is 0 Å². The number of hydrogen-bond donors (Lipinski definition) is 2. The molecule has 1 amide bonds. The number of rotatable bonds is 3. The molecule has 2 N–H and O–H groups in total. The van der Waals surface area contributed by atoms with E-state index in [9.17, 15) is 4.79 Å². The molecular formula is C19H25N5O. The first-order chi connectivity index (χ1) is 12.1. The van der Waals surface area contributed by atoms with Crippen molar-refractivity contribution in [1.29, 1.82) is 0 Å². The number of nitrogens with one attached hydrogen (secondary N) is 2. The molecule has 1 unspecified atom stereocenters. The third-order valence-corrected chi connectivity index (χ3v) is 4.34. The van der Waals surface area contributed by atoms with E-state index in [1.54, 1.807) is 4.57 Å². The fourth-order valence-corrected chi connectivity index (χ4v) is 3.06. The van der Waals surface area contributed by atoms with Crippen LogP contribution >= 0.6 is 0 Å². The van der Waals surface area contributed by atoms with Crippen LogP contribution in [0.3, 0.4) is 0 Å². The Bertz CT molecular complexity index is 814. The van der Waals surface area contributed by atoms with Gasteiger partial charge in [0.2, 0.25) is 5.95 Å². The Hall–Kier alpha value is -2.52. The molecule has 132 valence electrons. The number of carbonyl (C=O) groups excluding carboxylic acids is 1. The average Bonchev–Trinajstić information content (AvgIpc) is 3.22. The van der Waals surface area contributed by atoms with Gasteiger partial charge in [-0.3, -0.25) is 0 Å². The van der Waals surface area contributed by atoms with Gasteiger partial charge in [-0.1, -0.05) is 37.8 Å². The molecule has 2 aromatic rings. The molecule has 1 aliphatic rings. The van der Waals surface area contributed by atoms with Gasteiger partial charge in [0.15, 0.2) is 0 Å². The molecule has 1 aliphatic heterocycles. The summed E-state index contributed by atoms with van der Waals surface area (Å²) in [6.45, 7) is 6.13. The number of benzene rings is 1. The molecule has 25 heavy (non-hydrogen) atoms. The Morgan fingerprint density at radius 2 is 2.20 bits per heavy atom. The summed E-state index contributed by atoms with van der Waals surface area (Å²) in [7, 11) is 1.97. The molecule has 1 aromatic carbocycles. The van der Waals surface area contributed by atoms with E-state index in [0.717, 1.165) is 30.5 Å². The molecule has 1 atom stereocenters. The van der Waals surface area contributed by atoms with Gasteiger partial charge in [-0.25, -0.2) is 14.3 Å². The largest absolute Gasteiger partial charge is 0.340 e. The number of para-hydroxylation sites is 2. The number of carbonyl (C=O) groups is 1. The number of nitrogens with zero attached hydrogens (tertiary/aromatic N) is 3. The fraction of sp³-hybridized carbons (Fsp3) is 0.474. The van der Waals surface area contributed by atoms with Crippen molar-refractivity contribution in [3.8, 4) is 11.8 Å². The van der Waals surface area contributed by atoms with Gasteiger partial charge in [0.25, 0.3) is 0 Å². The minimum atomic E-state index is -0.185. The quantitative estimate of drug-likeness (QED) is 0.840. The molecule has 2 heterocycles. The monoisotopic (exact) mass is 339 g/mol. The smallest absolute Gasteiger partial charge is 0.329 e. The SMILES string of the molecule is CNC1CCN(c2nc3ccccc3n2C(=O)NCC#CC(C)C)C1. The number of aromatic nitrogens is 2. The summed E-state index contributed by atoms with van der Waals surface area (Å²) in [5, 5.41) is 6.19. The lowest BCUT2D eigenvalue weighted by molar-refractivity contribution is 0.244. The number of amides is 1. The van der Waals surface area contributed by atoms with Gasteiger partial charge >= 0.3 is 6.03 Å².